The van der Waals surface area contributed by atoms with Crippen LogP contribution in [0.5, 0.6) is 5.75 Å². The molecule has 3 heterocycles. The van der Waals surface area contributed by atoms with E-state index in [1.807, 2.05) is 0 Å². The fourth-order valence-corrected chi connectivity index (χ4v) is 3.90. The Hall–Kier alpha value is -5.14. The van der Waals surface area contributed by atoms with Gasteiger partial charge < -0.3 is 15.4 Å². The van der Waals surface area contributed by atoms with Crippen molar-refractivity contribution in [2.45, 2.75) is 45.0 Å². The van der Waals surface area contributed by atoms with Crippen LogP contribution >= 0.6 is 0 Å². The van der Waals surface area contributed by atoms with Crippen LogP contribution in [0.2, 0.25) is 0 Å². The number of aryl methyl sites for hydroxylation is 2. The lowest BCUT2D eigenvalue weighted by Gasteiger charge is -2.10. The van der Waals surface area contributed by atoms with Crippen LogP contribution in [0.25, 0.3) is 0 Å². The molecule has 0 unspecified atom stereocenters. The Morgan fingerprint density at radius 2 is 1.67 bits per heavy atom. The Morgan fingerprint density at radius 3 is 2.38 bits per heavy atom. The Bertz CT molecular complexity index is 1560. The summed E-state index contributed by atoms with van der Waals surface area (Å²) in [6.07, 6.45) is 0.182. The molecule has 0 saturated heterocycles. The molecule has 11 nitrogen and oxygen atoms in total. The van der Waals surface area contributed by atoms with Gasteiger partial charge in [0.2, 0.25) is 11.8 Å². The van der Waals surface area contributed by atoms with Crippen molar-refractivity contribution in [3.63, 3.8) is 0 Å². The number of alkyl halides is 3. The minimum Gasteiger partial charge on any atom is -0.406 e. The van der Waals surface area contributed by atoms with Crippen molar-refractivity contribution in [2.75, 3.05) is 10.6 Å². The van der Waals surface area contributed by atoms with Gasteiger partial charge in [-0.05, 0) is 67.3 Å². The number of benzene rings is 1. The van der Waals surface area contributed by atoms with Gasteiger partial charge in [-0.3, -0.25) is 19.1 Å². The summed E-state index contributed by atoms with van der Waals surface area (Å²) in [6.45, 7) is 0.421. The van der Waals surface area contributed by atoms with Gasteiger partial charge in [-0.15, -0.1) is 18.3 Å². The summed E-state index contributed by atoms with van der Waals surface area (Å²) in [7, 11) is 0. The van der Waals surface area contributed by atoms with Crippen molar-refractivity contribution in [1.29, 1.82) is 0 Å². The standard InChI is InChI=1S/C28H26F3N7O4/c29-28(30,31)42-22-9-5-6-19(16-22)17-25(39)34-24-11-10-20(36-37-24)7-2-4-14-38-15-12-23(35-27(38)41)33-26(40)18-21-8-1-3-13-32-21/h1,3,5-6,8-13,15-16H,2,4,7,14,17-18H2,(H,34,37,39)(H,33,35,40,41). The molecule has 0 spiro atoms. The first kappa shape index (κ1) is 29.8. The number of nitrogens with zero attached hydrogens (tertiary/aromatic N) is 5. The van der Waals surface area contributed by atoms with E-state index in [2.05, 4.69) is 35.5 Å². The number of unbranched alkanes of at least 4 members (excludes halogenated alkanes) is 1. The van der Waals surface area contributed by atoms with E-state index in [4.69, 9.17) is 0 Å². The van der Waals surface area contributed by atoms with Gasteiger partial charge in [0.05, 0.1) is 18.5 Å². The molecule has 3 aromatic heterocycles. The predicted molar refractivity (Wildman–Crippen MR) is 145 cm³/mol. The minimum absolute atomic E-state index is 0.0699. The second kappa shape index (κ2) is 14.0. The Labute approximate surface area is 237 Å². The maximum Gasteiger partial charge on any atom is 0.573 e. The highest BCUT2D eigenvalue weighted by atomic mass is 19.4. The number of carbonyl (C=O) groups is 2. The van der Waals surface area contributed by atoms with Crippen molar-refractivity contribution in [2.24, 2.45) is 0 Å². The number of ether oxygens (including phenoxy) is 1. The van der Waals surface area contributed by atoms with E-state index in [0.29, 0.717) is 42.8 Å². The van der Waals surface area contributed by atoms with Crippen LogP contribution in [0.3, 0.4) is 0 Å². The van der Waals surface area contributed by atoms with Gasteiger partial charge in [0.1, 0.15) is 11.6 Å². The molecule has 42 heavy (non-hydrogen) atoms. The molecule has 0 fully saturated rings. The van der Waals surface area contributed by atoms with Gasteiger partial charge in [0, 0.05) is 24.6 Å². The number of carbonyl (C=O) groups excluding carboxylic acids is 2. The van der Waals surface area contributed by atoms with Crippen LogP contribution in [0.1, 0.15) is 29.8 Å². The van der Waals surface area contributed by atoms with Crippen LogP contribution in [0, 0.1) is 0 Å². The molecule has 4 rings (SSSR count). The lowest BCUT2D eigenvalue weighted by molar-refractivity contribution is -0.274. The first-order chi connectivity index (χ1) is 20.1. The molecular weight excluding hydrogens is 555 g/mol. The Balaban J connectivity index is 1.18. The number of hydrogen-bond acceptors (Lipinski definition) is 8. The third-order valence-corrected chi connectivity index (χ3v) is 5.78. The summed E-state index contributed by atoms with van der Waals surface area (Å²) < 4.78 is 42.5. The van der Waals surface area contributed by atoms with Crippen molar-refractivity contribution in [1.82, 2.24) is 24.7 Å². The van der Waals surface area contributed by atoms with Crippen molar-refractivity contribution in [3.8, 4) is 5.75 Å². The molecule has 2 amide bonds. The van der Waals surface area contributed by atoms with E-state index >= 15 is 0 Å². The molecule has 1 aromatic carbocycles. The van der Waals surface area contributed by atoms with Crippen LogP contribution in [-0.2, 0) is 35.4 Å². The van der Waals surface area contributed by atoms with Crippen LogP contribution in [0.15, 0.2) is 77.9 Å². The molecule has 0 atom stereocenters. The average molecular weight is 582 g/mol. The number of anilines is 2. The summed E-state index contributed by atoms with van der Waals surface area (Å²) in [5, 5.41) is 13.2. The highest BCUT2D eigenvalue weighted by molar-refractivity contribution is 5.91. The topological polar surface area (TPSA) is 141 Å². The zero-order valence-electron chi connectivity index (χ0n) is 22.2. The molecule has 4 aromatic rings. The van der Waals surface area contributed by atoms with Crippen LogP contribution < -0.4 is 21.1 Å². The van der Waals surface area contributed by atoms with E-state index < -0.39 is 23.7 Å². The Morgan fingerprint density at radius 1 is 0.857 bits per heavy atom. The molecule has 0 bridgehead atoms. The average Bonchev–Trinajstić information content (AvgIpc) is 2.92. The van der Waals surface area contributed by atoms with Crippen molar-refractivity contribution < 1.29 is 27.5 Å². The van der Waals surface area contributed by atoms with E-state index in [0.717, 1.165) is 12.1 Å². The molecule has 2 N–H and O–H groups in total. The zero-order valence-corrected chi connectivity index (χ0v) is 22.2. The second-order valence-electron chi connectivity index (χ2n) is 9.12. The number of nitrogens with one attached hydrogen (secondary N) is 2. The third kappa shape index (κ3) is 9.80. The number of hydrogen-bond donors (Lipinski definition) is 2. The second-order valence-corrected chi connectivity index (χ2v) is 9.12. The van der Waals surface area contributed by atoms with Crippen LogP contribution in [0.4, 0.5) is 24.8 Å². The molecule has 0 radical (unpaired) electrons. The fraction of sp³-hybridized carbons (Fsp3) is 0.250. The molecular formula is C28H26F3N7O4. The maximum atomic E-state index is 12.4. The van der Waals surface area contributed by atoms with Gasteiger partial charge in [0.25, 0.3) is 0 Å². The first-order valence-electron chi connectivity index (χ1n) is 12.9. The molecule has 0 aliphatic heterocycles. The lowest BCUT2D eigenvalue weighted by Crippen LogP contribution is -2.25. The number of halogens is 3. The van der Waals surface area contributed by atoms with E-state index in [1.54, 1.807) is 48.8 Å². The number of aromatic nitrogens is 5. The van der Waals surface area contributed by atoms with Gasteiger partial charge >= 0.3 is 12.1 Å². The maximum absolute atomic E-state index is 12.4. The first-order valence-corrected chi connectivity index (χ1v) is 12.9. The summed E-state index contributed by atoms with van der Waals surface area (Å²) >= 11 is 0. The number of rotatable bonds is 12. The van der Waals surface area contributed by atoms with E-state index in [9.17, 15) is 27.6 Å². The summed E-state index contributed by atoms with van der Waals surface area (Å²) in [5.41, 5.74) is 1.15. The van der Waals surface area contributed by atoms with Gasteiger partial charge in [-0.1, -0.05) is 18.2 Å². The SMILES string of the molecule is O=C(Cc1cccc(OC(F)(F)F)c1)Nc1ccc(CCCCn2ccc(NC(=O)Cc3ccccn3)nc2=O)nn1. The molecule has 0 saturated carbocycles. The summed E-state index contributed by atoms with van der Waals surface area (Å²) in [4.78, 5) is 44.8. The highest BCUT2D eigenvalue weighted by Gasteiger charge is 2.31. The number of amides is 2. The predicted octanol–water partition coefficient (Wildman–Crippen LogP) is 3.71. The lowest BCUT2D eigenvalue weighted by atomic mass is 10.1. The van der Waals surface area contributed by atoms with Gasteiger partial charge in [0.15, 0.2) is 5.82 Å². The highest BCUT2D eigenvalue weighted by Crippen LogP contribution is 2.23. The monoisotopic (exact) mass is 581 g/mol. The third-order valence-electron chi connectivity index (χ3n) is 5.78. The summed E-state index contributed by atoms with van der Waals surface area (Å²) in [6, 6.07) is 15.3. The summed E-state index contributed by atoms with van der Waals surface area (Å²) in [5.74, 6) is -0.829. The van der Waals surface area contributed by atoms with Crippen molar-refractivity contribution in [3.05, 3.63) is 100 Å². The normalized spacial score (nSPS) is 11.1. The van der Waals surface area contributed by atoms with Crippen molar-refractivity contribution >= 4 is 23.5 Å². The minimum atomic E-state index is -4.82. The zero-order chi connectivity index (χ0) is 30.0. The molecule has 218 valence electrons. The largest absolute Gasteiger partial charge is 0.573 e. The van der Waals surface area contributed by atoms with Gasteiger partial charge in [-0.25, -0.2) is 4.79 Å². The van der Waals surface area contributed by atoms with Crippen LogP contribution in [-0.4, -0.2) is 42.9 Å². The number of pyridine rings is 1. The fourth-order valence-electron chi connectivity index (χ4n) is 3.90. The molecule has 14 heteroatoms. The van der Waals surface area contributed by atoms with E-state index in [-0.39, 0.29) is 30.4 Å². The van der Waals surface area contributed by atoms with Gasteiger partial charge in [-0.2, -0.15) is 10.1 Å². The Kier molecular flexibility index (Phi) is 9.92. The molecule has 0 aliphatic carbocycles. The van der Waals surface area contributed by atoms with E-state index in [1.165, 1.54) is 16.7 Å². The smallest absolute Gasteiger partial charge is 0.406 e. The quantitative estimate of drug-likeness (QED) is 0.241. The molecule has 0 aliphatic rings.